The van der Waals surface area contributed by atoms with Crippen molar-refractivity contribution in [1.82, 2.24) is 10.3 Å². The first kappa shape index (κ1) is 19.0. The highest BCUT2D eigenvalue weighted by molar-refractivity contribution is 5.96. The number of hydrogen-bond acceptors (Lipinski definition) is 5. The van der Waals surface area contributed by atoms with Crippen LogP contribution < -0.4 is 5.32 Å². The van der Waals surface area contributed by atoms with Crippen molar-refractivity contribution in [2.75, 3.05) is 20.8 Å². The molecule has 0 fully saturated rings. The Morgan fingerprint density at radius 1 is 1.04 bits per heavy atom. The summed E-state index contributed by atoms with van der Waals surface area (Å²) >= 11 is 0. The molecule has 0 radical (unpaired) electrons. The molecule has 136 valence electrons. The van der Waals surface area contributed by atoms with Gasteiger partial charge in [-0.05, 0) is 23.8 Å². The number of aromatic amines is 1. The van der Waals surface area contributed by atoms with Gasteiger partial charge in [0.25, 0.3) is 5.91 Å². The molecule has 2 rings (SSSR count). The molecule has 1 heterocycles. The zero-order valence-electron chi connectivity index (χ0n) is 14.6. The molecule has 1 amide bonds. The largest absolute Gasteiger partial charge is 0.468 e. The molecule has 7 heteroatoms. The number of rotatable bonds is 7. The standard InChI is InChI=1S/C19H20N2O5/c1-25-17(22)12-20-18(23)16-9-8-15(21-16)11-14(19(24)26-2)10-13-6-4-3-5-7-13/h3-9,11,21H,10,12H2,1-2H3,(H,20,23)/b14-11-. The van der Waals surface area contributed by atoms with Gasteiger partial charge >= 0.3 is 11.9 Å². The van der Waals surface area contributed by atoms with Crippen LogP contribution in [0.1, 0.15) is 21.7 Å². The Morgan fingerprint density at radius 3 is 2.42 bits per heavy atom. The lowest BCUT2D eigenvalue weighted by Gasteiger charge is -2.05. The lowest BCUT2D eigenvalue weighted by molar-refractivity contribution is -0.139. The van der Waals surface area contributed by atoms with E-state index in [4.69, 9.17) is 4.74 Å². The van der Waals surface area contributed by atoms with Crippen LogP contribution in [0.5, 0.6) is 0 Å². The molecule has 1 aromatic carbocycles. The van der Waals surface area contributed by atoms with Crippen molar-refractivity contribution in [2.24, 2.45) is 0 Å². The van der Waals surface area contributed by atoms with Crippen molar-refractivity contribution in [1.29, 1.82) is 0 Å². The number of amides is 1. The highest BCUT2D eigenvalue weighted by Crippen LogP contribution is 2.14. The van der Waals surface area contributed by atoms with Gasteiger partial charge in [0.05, 0.1) is 14.2 Å². The second kappa shape index (κ2) is 9.22. The van der Waals surface area contributed by atoms with E-state index in [0.29, 0.717) is 17.7 Å². The van der Waals surface area contributed by atoms with Crippen molar-refractivity contribution in [3.8, 4) is 0 Å². The SMILES string of the molecule is COC(=O)CNC(=O)c1ccc(/C=C(/Cc2ccccc2)C(=O)OC)[nH]1. The number of H-pyrrole nitrogens is 1. The average molecular weight is 356 g/mol. The van der Waals surface area contributed by atoms with Crippen LogP contribution in [0.25, 0.3) is 6.08 Å². The van der Waals surface area contributed by atoms with Gasteiger partial charge in [0, 0.05) is 17.7 Å². The van der Waals surface area contributed by atoms with E-state index in [9.17, 15) is 14.4 Å². The summed E-state index contributed by atoms with van der Waals surface area (Å²) in [6.07, 6.45) is 2.03. The molecule has 0 aliphatic carbocycles. The summed E-state index contributed by atoms with van der Waals surface area (Å²) in [5.41, 5.74) is 2.25. The van der Waals surface area contributed by atoms with Crippen molar-refractivity contribution < 1.29 is 23.9 Å². The molecule has 26 heavy (non-hydrogen) atoms. The molecule has 0 atom stereocenters. The van der Waals surface area contributed by atoms with Gasteiger partial charge in [-0.3, -0.25) is 9.59 Å². The zero-order valence-corrected chi connectivity index (χ0v) is 14.6. The number of benzene rings is 1. The minimum absolute atomic E-state index is 0.221. The Bertz CT molecular complexity index is 808. The molecule has 0 aliphatic heterocycles. The summed E-state index contributed by atoms with van der Waals surface area (Å²) in [5, 5.41) is 2.43. The van der Waals surface area contributed by atoms with Gasteiger partial charge in [0.1, 0.15) is 12.2 Å². The van der Waals surface area contributed by atoms with Gasteiger partial charge in [-0.25, -0.2) is 4.79 Å². The van der Waals surface area contributed by atoms with Crippen LogP contribution in [-0.2, 0) is 25.5 Å². The van der Waals surface area contributed by atoms with Crippen LogP contribution in [0.4, 0.5) is 0 Å². The number of aromatic nitrogens is 1. The number of nitrogens with one attached hydrogen (secondary N) is 2. The third-order valence-corrected chi connectivity index (χ3v) is 3.59. The van der Waals surface area contributed by atoms with E-state index >= 15 is 0 Å². The van der Waals surface area contributed by atoms with E-state index in [2.05, 4.69) is 15.0 Å². The molecular formula is C19H20N2O5. The predicted molar refractivity (Wildman–Crippen MR) is 95.3 cm³/mol. The lowest BCUT2D eigenvalue weighted by atomic mass is 10.0. The first-order chi connectivity index (χ1) is 12.5. The van der Waals surface area contributed by atoms with Gasteiger partial charge in [-0.1, -0.05) is 30.3 Å². The van der Waals surface area contributed by atoms with E-state index in [-0.39, 0.29) is 12.2 Å². The summed E-state index contributed by atoms with van der Waals surface area (Å²) < 4.78 is 9.30. The molecule has 1 aromatic heterocycles. The van der Waals surface area contributed by atoms with Gasteiger partial charge in [-0.15, -0.1) is 0 Å². The Morgan fingerprint density at radius 2 is 1.77 bits per heavy atom. The Balaban J connectivity index is 2.14. The molecule has 0 spiro atoms. The predicted octanol–water partition coefficient (Wildman–Crippen LogP) is 1.72. The fourth-order valence-corrected chi connectivity index (χ4v) is 2.27. The fourth-order valence-electron chi connectivity index (χ4n) is 2.27. The third-order valence-electron chi connectivity index (χ3n) is 3.59. The third kappa shape index (κ3) is 5.34. The highest BCUT2D eigenvalue weighted by atomic mass is 16.5. The maximum Gasteiger partial charge on any atom is 0.334 e. The number of esters is 2. The second-order valence-electron chi connectivity index (χ2n) is 5.41. The van der Waals surface area contributed by atoms with Crippen LogP contribution in [0.15, 0.2) is 48.0 Å². The summed E-state index contributed by atoms with van der Waals surface area (Å²) in [6, 6.07) is 12.7. The lowest BCUT2D eigenvalue weighted by Crippen LogP contribution is -2.30. The van der Waals surface area contributed by atoms with Gasteiger partial charge < -0.3 is 19.8 Å². The molecule has 2 aromatic rings. The molecule has 0 aliphatic rings. The molecular weight excluding hydrogens is 336 g/mol. The zero-order chi connectivity index (χ0) is 18.9. The number of methoxy groups -OCH3 is 2. The van der Waals surface area contributed by atoms with Crippen LogP contribution in [-0.4, -0.2) is 43.6 Å². The quantitative estimate of drug-likeness (QED) is 0.581. The van der Waals surface area contributed by atoms with Crippen molar-refractivity contribution >= 4 is 23.9 Å². The van der Waals surface area contributed by atoms with E-state index in [0.717, 1.165) is 5.56 Å². The summed E-state index contributed by atoms with van der Waals surface area (Å²) in [5.74, 6) is -1.43. The number of hydrogen-bond donors (Lipinski definition) is 2. The maximum atomic E-state index is 12.0. The van der Waals surface area contributed by atoms with Crippen molar-refractivity contribution in [3.63, 3.8) is 0 Å². The number of carbonyl (C=O) groups is 3. The Hall–Kier alpha value is -3.35. The van der Waals surface area contributed by atoms with Gasteiger partial charge in [0.2, 0.25) is 0 Å². The van der Waals surface area contributed by atoms with Crippen molar-refractivity contribution in [3.05, 3.63) is 65.0 Å². The number of carbonyl (C=O) groups excluding carboxylic acids is 3. The second-order valence-corrected chi connectivity index (χ2v) is 5.41. The van der Waals surface area contributed by atoms with Crippen LogP contribution in [0, 0.1) is 0 Å². The van der Waals surface area contributed by atoms with Crippen LogP contribution >= 0.6 is 0 Å². The monoisotopic (exact) mass is 356 g/mol. The molecule has 0 bridgehead atoms. The van der Waals surface area contributed by atoms with Crippen LogP contribution in [0.2, 0.25) is 0 Å². The first-order valence-electron chi connectivity index (χ1n) is 7.90. The molecule has 7 nitrogen and oxygen atoms in total. The maximum absolute atomic E-state index is 12.0. The molecule has 0 saturated carbocycles. The Kier molecular flexibility index (Phi) is 6.73. The summed E-state index contributed by atoms with van der Waals surface area (Å²) in [7, 11) is 2.56. The smallest absolute Gasteiger partial charge is 0.334 e. The minimum Gasteiger partial charge on any atom is -0.468 e. The van der Waals surface area contributed by atoms with Crippen molar-refractivity contribution in [2.45, 2.75) is 6.42 Å². The van der Waals surface area contributed by atoms with E-state index in [1.807, 2.05) is 30.3 Å². The summed E-state index contributed by atoms with van der Waals surface area (Å²) in [6.45, 7) is -0.221. The minimum atomic E-state index is -0.541. The first-order valence-corrected chi connectivity index (χ1v) is 7.90. The van der Waals surface area contributed by atoms with Gasteiger partial charge in [0.15, 0.2) is 0 Å². The fraction of sp³-hybridized carbons (Fsp3) is 0.211. The molecule has 2 N–H and O–H groups in total. The number of ether oxygens (including phenoxy) is 2. The average Bonchev–Trinajstić information content (AvgIpc) is 3.14. The highest BCUT2D eigenvalue weighted by Gasteiger charge is 2.13. The topological polar surface area (TPSA) is 97.5 Å². The van der Waals surface area contributed by atoms with Gasteiger partial charge in [-0.2, -0.15) is 0 Å². The molecule has 0 saturated heterocycles. The van der Waals surface area contributed by atoms with E-state index < -0.39 is 17.8 Å². The van der Waals surface area contributed by atoms with Crippen LogP contribution in [0.3, 0.4) is 0 Å². The van der Waals surface area contributed by atoms with E-state index in [1.54, 1.807) is 18.2 Å². The normalized spacial score (nSPS) is 10.9. The van der Waals surface area contributed by atoms with E-state index in [1.165, 1.54) is 14.2 Å². The molecule has 0 unspecified atom stereocenters. The Labute approximate surface area is 151 Å². The summed E-state index contributed by atoms with van der Waals surface area (Å²) in [4.78, 5) is 38.0.